The minimum absolute atomic E-state index is 0.0789. The molecule has 26 heavy (non-hydrogen) atoms. The molecule has 0 aromatic carbocycles. The van der Waals surface area contributed by atoms with E-state index >= 15 is 0 Å². The number of rotatable bonds is 14. The third-order valence-corrected chi connectivity index (χ3v) is 11.5. The number of carbonyl (C=O) groups excluding carboxylic acids is 1. The normalized spacial score (nSPS) is 15.7. The van der Waals surface area contributed by atoms with Gasteiger partial charge in [0.2, 0.25) is 0 Å². The zero-order valence-corrected chi connectivity index (χ0v) is 20.8. The van der Waals surface area contributed by atoms with Crippen molar-refractivity contribution in [3.8, 4) is 0 Å². The predicted octanol–water partition coefficient (Wildman–Crippen LogP) is 5.71. The smallest absolute Gasteiger partial charge is 0.191 e. The Bertz CT molecular complexity index is 386. The lowest BCUT2D eigenvalue weighted by atomic mass is 10.0. The van der Waals surface area contributed by atoms with Crippen LogP contribution < -0.4 is 0 Å². The van der Waals surface area contributed by atoms with Gasteiger partial charge in [0.05, 0.1) is 6.10 Å². The van der Waals surface area contributed by atoms with Crippen molar-refractivity contribution in [2.24, 2.45) is 5.92 Å². The molecule has 0 aliphatic rings. The van der Waals surface area contributed by atoms with Crippen LogP contribution in [0.2, 0.25) is 43.8 Å². The van der Waals surface area contributed by atoms with Crippen LogP contribution in [0.5, 0.6) is 0 Å². The molecule has 0 bridgehead atoms. The molecule has 0 fully saturated rings. The summed E-state index contributed by atoms with van der Waals surface area (Å²) in [7, 11) is -2.79. The van der Waals surface area contributed by atoms with E-state index in [1.54, 1.807) is 0 Å². The second kappa shape index (κ2) is 11.7. The van der Waals surface area contributed by atoms with Crippen LogP contribution in [0, 0.1) is 5.92 Å². The molecule has 0 saturated carbocycles. The van der Waals surface area contributed by atoms with Gasteiger partial charge in [0.15, 0.2) is 8.32 Å². The molecule has 0 aromatic rings. The van der Waals surface area contributed by atoms with Crippen LogP contribution >= 0.6 is 0 Å². The van der Waals surface area contributed by atoms with Gasteiger partial charge in [-0.25, -0.2) is 0 Å². The molecule has 0 amide bonds. The molecule has 156 valence electrons. The van der Waals surface area contributed by atoms with Crippen molar-refractivity contribution in [1.82, 2.24) is 0 Å². The van der Waals surface area contributed by atoms with Gasteiger partial charge in [-0.2, -0.15) is 0 Å². The average Bonchev–Trinajstić information content (AvgIpc) is 2.48. The summed E-state index contributed by atoms with van der Waals surface area (Å²) >= 11 is 0. The predicted molar refractivity (Wildman–Crippen MR) is 116 cm³/mol. The minimum atomic E-state index is -1.73. The molecule has 0 saturated heterocycles. The summed E-state index contributed by atoms with van der Waals surface area (Å²) in [6.45, 7) is 22.1. The Hall–Kier alpha value is -0.0162. The fraction of sp³-hybridized carbons (Fsp3) is 0.950. The first kappa shape index (κ1) is 26.0. The minimum Gasteiger partial charge on any atom is -0.417 e. The Labute approximate surface area is 164 Å². The SMILES string of the molecule is C[C@H](C=O)CC[C@H](CCO[Si](C)(C)C(C)(C)C)OCOCC[Si](C)(C)C. The highest BCUT2D eigenvalue weighted by molar-refractivity contribution is 6.76. The Morgan fingerprint density at radius 2 is 1.58 bits per heavy atom. The second-order valence-corrected chi connectivity index (χ2v) is 20.6. The van der Waals surface area contributed by atoms with Gasteiger partial charge in [0.25, 0.3) is 0 Å². The van der Waals surface area contributed by atoms with E-state index in [4.69, 9.17) is 13.9 Å². The molecule has 0 heterocycles. The monoisotopic (exact) mass is 404 g/mol. The lowest BCUT2D eigenvalue weighted by Crippen LogP contribution is -2.41. The summed E-state index contributed by atoms with van der Waals surface area (Å²) in [6, 6.07) is 1.15. The maximum atomic E-state index is 10.9. The molecule has 0 aromatic heterocycles. The van der Waals surface area contributed by atoms with Crippen molar-refractivity contribution in [2.45, 2.75) is 96.9 Å². The molecule has 0 rings (SSSR count). The summed E-state index contributed by atoms with van der Waals surface area (Å²) < 4.78 is 17.9. The third-order valence-electron chi connectivity index (χ3n) is 5.27. The molecule has 0 N–H and O–H groups in total. The van der Waals surface area contributed by atoms with E-state index in [9.17, 15) is 4.79 Å². The molecular weight excluding hydrogens is 360 g/mol. The average molecular weight is 405 g/mol. The summed E-state index contributed by atoms with van der Waals surface area (Å²) in [5.41, 5.74) is 0. The van der Waals surface area contributed by atoms with Gasteiger partial charge in [0.1, 0.15) is 13.1 Å². The van der Waals surface area contributed by atoms with Gasteiger partial charge in [-0.05, 0) is 43.4 Å². The fourth-order valence-corrected chi connectivity index (χ4v) is 3.89. The maximum absolute atomic E-state index is 10.9. The van der Waals surface area contributed by atoms with Crippen molar-refractivity contribution in [3.63, 3.8) is 0 Å². The summed E-state index contributed by atoms with van der Waals surface area (Å²) in [5, 5.41) is 0.218. The Morgan fingerprint density at radius 1 is 0.962 bits per heavy atom. The number of hydrogen-bond acceptors (Lipinski definition) is 4. The van der Waals surface area contributed by atoms with Crippen molar-refractivity contribution in [3.05, 3.63) is 0 Å². The van der Waals surface area contributed by atoms with Crippen LogP contribution in [0.25, 0.3) is 0 Å². The Kier molecular flexibility index (Phi) is 11.7. The van der Waals surface area contributed by atoms with E-state index in [2.05, 4.69) is 53.5 Å². The van der Waals surface area contributed by atoms with Crippen molar-refractivity contribution >= 4 is 22.7 Å². The van der Waals surface area contributed by atoms with Crippen LogP contribution in [0.4, 0.5) is 0 Å². The molecule has 0 aliphatic carbocycles. The molecule has 0 unspecified atom stereocenters. The highest BCUT2D eigenvalue weighted by Gasteiger charge is 2.37. The first-order valence-electron chi connectivity index (χ1n) is 10.1. The third kappa shape index (κ3) is 12.4. The molecule has 0 radical (unpaired) electrons. The molecule has 2 atom stereocenters. The van der Waals surface area contributed by atoms with E-state index in [1.165, 1.54) is 0 Å². The van der Waals surface area contributed by atoms with Crippen LogP contribution in [0.1, 0.15) is 47.0 Å². The standard InChI is InChI=1S/C20H44O4Si2/c1-18(16-21)10-11-19(23-17-22-14-15-25(5,6)7)12-13-24-26(8,9)20(2,3)4/h16,18-19H,10-15,17H2,1-9H3/t18-,19+/m0/s1. The number of ether oxygens (including phenoxy) is 2. The van der Waals surface area contributed by atoms with Gasteiger partial charge in [-0.1, -0.05) is 47.3 Å². The maximum Gasteiger partial charge on any atom is 0.191 e. The lowest BCUT2D eigenvalue weighted by Gasteiger charge is -2.36. The largest absolute Gasteiger partial charge is 0.417 e. The molecule has 0 aliphatic heterocycles. The molecule has 6 heteroatoms. The zero-order chi connectivity index (χ0) is 20.4. The fourth-order valence-electron chi connectivity index (χ4n) is 2.07. The van der Waals surface area contributed by atoms with Crippen molar-refractivity contribution in [1.29, 1.82) is 0 Å². The number of aldehydes is 1. The highest BCUT2D eigenvalue weighted by Crippen LogP contribution is 2.36. The van der Waals surface area contributed by atoms with Gasteiger partial charge >= 0.3 is 0 Å². The highest BCUT2D eigenvalue weighted by atomic mass is 28.4. The van der Waals surface area contributed by atoms with Gasteiger partial charge in [-0.15, -0.1) is 0 Å². The van der Waals surface area contributed by atoms with E-state index in [1.807, 2.05) is 6.92 Å². The summed E-state index contributed by atoms with van der Waals surface area (Å²) in [6.07, 6.45) is 3.69. The van der Waals surface area contributed by atoms with E-state index in [0.717, 1.165) is 38.2 Å². The van der Waals surface area contributed by atoms with Crippen LogP contribution in [0.3, 0.4) is 0 Å². The molecular formula is C20H44O4Si2. The molecule has 4 nitrogen and oxygen atoms in total. The van der Waals surface area contributed by atoms with Crippen molar-refractivity contribution < 1.29 is 18.7 Å². The first-order valence-corrected chi connectivity index (χ1v) is 16.7. The van der Waals surface area contributed by atoms with Gasteiger partial charge in [-0.3, -0.25) is 0 Å². The summed E-state index contributed by atoms with van der Waals surface area (Å²) in [5.74, 6) is 0.0789. The van der Waals surface area contributed by atoms with Crippen LogP contribution in [-0.2, 0) is 18.7 Å². The quantitative estimate of drug-likeness (QED) is 0.161. The van der Waals surface area contributed by atoms with Gasteiger partial charge in [0, 0.05) is 27.2 Å². The summed E-state index contributed by atoms with van der Waals surface area (Å²) in [4.78, 5) is 10.9. The van der Waals surface area contributed by atoms with Crippen molar-refractivity contribution in [2.75, 3.05) is 20.0 Å². The number of hydrogen-bond donors (Lipinski definition) is 0. The van der Waals surface area contributed by atoms with E-state index in [-0.39, 0.29) is 17.1 Å². The first-order chi connectivity index (χ1) is 11.8. The number of carbonyl (C=O) groups is 1. The lowest BCUT2D eigenvalue weighted by molar-refractivity contribution is -0.111. The van der Waals surface area contributed by atoms with Crippen LogP contribution in [-0.4, -0.2) is 48.8 Å². The topological polar surface area (TPSA) is 44.8 Å². The van der Waals surface area contributed by atoms with Gasteiger partial charge < -0.3 is 18.7 Å². The zero-order valence-electron chi connectivity index (χ0n) is 18.8. The Balaban J connectivity index is 4.36. The second-order valence-electron chi connectivity index (χ2n) is 10.2. The molecule has 0 spiro atoms. The van der Waals surface area contributed by atoms with Crippen LogP contribution in [0.15, 0.2) is 0 Å². The Morgan fingerprint density at radius 3 is 2.08 bits per heavy atom. The van der Waals surface area contributed by atoms with E-state index in [0.29, 0.717) is 13.4 Å². The van der Waals surface area contributed by atoms with E-state index < -0.39 is 16.4 Å².